The standard InChI is InChI=1S/C21H17N3O/c22-10-13-5-6-14-7-8-17(21(25)18(14)9-13)20-16-4-2-1-3-15(16)19-11-23-12-24(19)20/h1-6,9,11-12,17,20-21,25H,7-8H2/t17-,20+,21+/m0/s1. The molecule has 0 saturated carbocycles. The van der Waals surface area contributed by atoms with E-state index in [9.17, 15) is 10.4 Å². The highest BCUT2D eigenvalue weighted by atomic mass is 16.3. The van der Waals surface area contributed by atoms with Gasteiger partial charge in [0.15, 0.2) is 0 Å². The normalized spacial score (nSPS) is 23.4. The number of imidazole rings is 1. The van der Waals surface area contributed by atoms with Crippen molar-refractivity contribution in [1.29, 1.82) is 5.26 Å². The third-order valence-electron chi connectivity index (χ3n) is 5.67. The van der Waals surface area contributed by atoms with Crippen molar-refractivity contribution < 1.29 is 5.11 Å². The molecule has 2 aliphatic rings. The largest absolute Gasteiger partial charge is 0.388 e. The van der Waals surface area contributed by atoms with Crippen LogP contribution < -0.4 is 0 Å². The van der Waals surface area contributed by atoms with E-state index >= 15 is 0 Å². The van der Waals surface area contributed by atoms with Gasteiger partial charge in [0.25, 0.3) is 0 Å². The van der Waals surface area contributed by atoms with Gasteiger partial charge in [0.2, 0.25) is 0 Å². The van der Waals surface area contributed by atoms with E-state index in [2.05, 4.69) is 33.8 Å². The molecule has 0 unspecified atom stereocenters. The second-order valence-electron chi connectivity index (χ2n) is 6.89. The number of fused-ring (bicyclic) bond motifs is 4. The summed E-state index contributed by atoms with van der Waals surface area (Å²) < 4.78 is 2.19. The van der Waals surface area contributed by atoms with Crippen molar-refractivity contribution >= 4 is 0 Å². The van der Waals surface area contributed by atoms with E-state index in [4.69, 9.17) is 0 Å². The molecule has 5 rings (SSSR count). The fraction of sp³-hybridized carbons (Fsp3) is 0.238. The Morgan fingerprint density at radius 1 is 1.16 bits per heavy atom. The predicted molar refractivity (Wildman–Crippen MR) is 93.7 cm³/mol. The Morgan fingerprint density at radius 3 is 2.92 bits per heavy atom. The monoisotopic (exact) mass is 327 g/mol. The average Bonchev–Trinajstić information content (AvgIpc) is 3.23. The first-order valence-corrected chi connectivity index (χ1v) is 8.60. The first kappa shape index (κ1) is 14.4. The number of aromatic nitrogens is 2. The highest BCUT2D eigenvalue weighted by Crippen LogP contribution is 2.49. The second kappa shape index (κ2) is 5.30. The lowest BCUT2D eigenvalue weighted by atomic mass is 9.75. The lowest BCUT2D eigenvalue weighted by molar-refractivity contribution is 0.0720. The van der Waals surface area contributed by atoms with Crippen molar-refractivity contribution in [3.05, 3.63) is 77.2 Å². The number of aliphatic hydroxyl groups excluding tert-OH is 1. The average molecular weight is 327 g/mol. The van der Waals surface area contributed by atoms with Gasteiger partial charge in [-0.3, -0.25) is 0 Å². The number of nitrogens with zero attached hydrogens (tertiary/aromatic N) is 3. The molecule has 0 fully saturated rings. The van der Waals surface area contributed by atoms with Gasteiger partial charge in [-0.15, -0.1) is 0 Å². The molecule has 3 atom stereocenters. The zero-order valence-corrected chi connectivity index (χ0v) is 13.6. The van der Waals surface area contributed by atoms with Gasteiger partial charge < -0.3 is 9.67 Å². The van der Waals surface area contributed by atoms with Crippen LogP contribution in [0.25, 0.3) is 11.3 Å². The molecule has 4 nitrogen and oxygen atoms in total. The summed E-state index contributed by atoms with van der Waals surface area (Å²) in [6.45, 7) is 0. The van der Waals surface area contributed by atoms with Crippen molar-refractivity contribution in [3.8, 4) is 17.3 Å². The Morgan fingerprint density at radius 2 is 2.04 bits per heavy atom. The minimum absolute atomic E-state index is 0.0676. The topological polar surface area (TPSA) is 61.8 Å². The first-order valence-electron chi connectivity index (χ1n) is 8.60. The molecule has 3 aromatic rings. The molecule has 2 heterocycles. The van der Waals surface area contributed by atoms with Crippen LogP contribution in [-0.2, 0) is 6.42 Å². The number of rotatable bonds is 1. The molecule has 4 heteroatoms. The molecule has 0 bridgehead atoms. The summed E-state index contributed by atoms with van der Waals surface area (Å²) in [5, 5.41) is 20.3. The Hall–Kier alpha value is -2.90. The molecule has 1 aliphatic heterocycles. The molecular weight excluding hydrogens is 310 g/mol. The van der Waals surface area contributed by atoms with Crippen LogP contribution in [0, 0.1) is 17.2 Å². The Kier molecular flexibility index (Phi) is 3.06. The maximum Gasteiger partial charge on any atom is 0.0991 e. The third-order valence-corrected chi connectivity index (χ3v) is 5.67. The van der Waals surface area contributed by atoms with Crippen LogP contribution in [0.15, 0.2) is 55.0 Å². The second-order valence-corrected chi connectivity index (χ2v) is 6.89. The maximum atomic E-state index is 11.1. The van der Waals surface area contributed by atoms with E-state index in [-0.39, 0.29) is 12.0 Å². The zero-order chi connectivity index (χ0) is 17.0. The van der Waals surface area contributed by atoms with E-state index in [0.29, 0.717) is 5.56 Å². The van der Waals surface area contributed by atoms with Crippen LogP contribution >= 0.6 is 0 Å². The number of nitriles is 1. The van der Waals surface area contributed by atoms with Crippen molar-refractivity contribution in [1.82, 2.24) is 9.55 Å². The fourth-order valence-corrected chi connectivity index (χ4v) is 4.52. The van der Waals surface area contributed by atoms with Crippen molar-refractivity contribution in [2.24, 2.45) is 5.92 Å². The number of aliphatic hydroxyl groups is 1. The molecule has 0 saturated heterocycles. The lowest BCUT2D eigenvalue weighted by Crippen LogP contribution is -2.28. The molecule has 1 N–H and O–H groups in total. The van der Waals surface area contributed by atoms with Crippen LogP contribution in [-0.4, -0.2) is 14.7 Å². The fourth-order valence-electron chi connectivity index (χ4n) is 4.52. The van der Waals surface area contributed by atoms with Crippen LogP contribution in [0.3, 0.4) is 0 Å². The quantitative estimate of drug-likeness (QED) is 0.742. The molecule has 0 amide bonds. The van der Waals surface area contributed by atoms with Crippen LogP contribution in [0.2, 0.25) is 0 Å². The van der Waals surface area contributed by atoms with Crippen molar-refractivity contribution in [2.45, 2.75) is 25.0 Å². The van der Waals surface area contributed by atoms with E-state index in [1.54, 1.807) is 0 Å². The molecule has 0 radical (unpaired) electrons. The molecule has 1 aromatic heterocycles. The third kappa shape index (κ3) is 2.00. The highest BCUT2D eigenvalue weighted by Gasteiger charge is 2.40. The predicted octanol–water partition coefficient (Wildman–Crippen LogP) is 3.62. The maximum absolute atomic E-state index is 11.1. The van der Waals surface area contributed by atoms with Gasteiger partial charge in [-0.2, -0.15) is 5.26 Å². The van der Waals surface area contributed by atoms with Crippen molar-refractivity contribution in [3.63, 3.8) is 0 Å². The summed E-state index contributed by atoms with van der Waals surface area (Å²) in [4.78, 5) is 4.32. The molecule has 2 aromatic carbocycles. The lowest BCUT2D eigenvalue weighted by Gasteiger charge is -2.35. The van der Waals surface area contributed by atoms with E-state index in [1.807, 2.05) is 36.8 Å². The van der Waals surface area contributed by atoms with Crippen LogP contribution in [0.1, 0.15) is 40.8 Å². The van der Waals surface area contributed by atoms with Gasteiger partial charge >= 0.3 is 0 Å². The zero-order valence-electron chi connectivity index (χ0n) is 13.6. The summed E-state index contributed by atoms with van der Waals surface area (Å²) in [6.07, 6.45) is 5.02. The SMILES string of the molecule is N#Cc1ccc2c(c1)[C@H](O)[C@H]([C@H]1c3ccccc3-c3cncn31)CC2. The Balaban J connectivity index is 1.62. The first-order chi connectivity index (χ1) is 12.3. The van der Waals surface area contributed by atoms with Crippen LogP contribution in [0.4, 0.5) is 0 Å². The van der Waals surface area contributed by atoms with Crippen LogP contribution in [0.5, 0.6) is 0 Å². The summed E-state index contributed by atoms with van der Waals surface area (Å²) in [6, 6.07) is 16.3. The van der Waals surface area contributed by atoms with Gasteiger partial charge in [0.1, 0.15) is 0 Å². The van der Waals surface area contributed by atoms with Crippen molar-refractivity contribution in [2.75, 3.05) is 0 Å². The number of benzene rings is 2. The summed E-state index contributed by atoms with van der Waals surface area (Å²) in [7, 11) is 0. The minimum Gasteiger partial charge on any atom is -0.388 e. The molecular formula is C21H17N3O. The summed E-state index contributed by atoms with van der Waals surface area (Å²) >= 11 is 0. The molecule has 122 valence electrons. The van der Waals surface area contributed by atoms with E-state index in [1.165, 1.54) is 11.1 Å². The number of hydrogen-bond acceptors (Lipinski definition) is 3. The number of aryl methyl sites for hydroxylation is 1. The summed E-state index contributed by atoms with van der Waals surface area (Å²) in [5.41, 5.74) is 6.23. The molecule has 25 heavy (non-hydrogen) atoms. The van der Waals surface area contributed by atoms with Gasteiger partial charge in [0.05, 0.1) is 42.0 Å². The highest BCUT2D eigenvalue weighted by molar-refractivity contribution is 5.69. The minimum atomic E-state index is -0.580. The van der Waals surface area contributed by atoms with Gasteiger partial charge in [-0.1, -0.05) is 30.3 Å². The van der Waals surface area contributed by atoms with E-state index < -0.39 is 6.10 Å². The smallest absolute Gasteiger partial charge is 0.0991 e. The Bertz CT molecular complexity index is 1010. The van der Waals surface area contributed by atoms with Gasteiger partial charge in [0, 0.05) is 11.5 Å². The molecule has 0 spiro atoms. The number of hydrogen-bond donors (Lipinski definition) is 1. The van der Waals surface area contributed by atoms with Gasteiger partial charge in [-0.25, -0.2) is 4.98 Å². The molecule has 1 aliphatic carbocycles. The Labute approximate surface area is 146 Å². The van der Waals surface area contributed by atoms with E-state index in [0.717, 1.165) is 29.7 Å². The van der Waals surface area contributed by atoms with Gasteiger partial charge in [-0.05, 0) is 41.7 Å². The summed E-state index contributed by atoms with van der Waals surface area (Å²) in [5.74, 6) is 0.0676.